The van der Waals surface area contributed by atoms with Crippen molar-refractivity contribution in [1.29, 1.82) is 0 Å². The zero-order valence-electron chi connectivity index (χ0n) is 11.0. The van der Waals surface area contributed by atoms with Crippen LogP contribution >= 0.6 is 0 Å². The summed E-state index contributed by atoms with van der Waals surface area (Å²) in [7, 11) is 0. The number of halogens is 7. The lowest BCUT2D eigenvalue weighted by Crippen LogP contribution is -2.54. The Morgan fingerprint density at radius 3 is 2.00 bits per heavy atom. The van der Waals surface area contributed by atoms with Crippen molar-refractivity contribution in [3.8, 4) is 0 Å². The summed E-state index contributed by atoms with van der Waals surface area (Å²) in [5.41, 5.74) is 0. The summed E-state index contributed by atoms with van der Waals surface area (Å²) in [5, 5.41) is 0. The molecular weight excluding hydrogens is 309 g/mol. The first-order valence-corrected chi connectivity index (χ1v) is 6.45. The van der Waals surface area contributed by atoms with Crippen LogP contribution < -0.4 is 0 Å². The summed E-state index contributed by atoms with van der Waals surface area (Å²) in [6.07, 6.45) is -2.55. The standard InChI is InChI=1S/C12H15F7O2/c13-10(14,11(15,16)12(17,18)19)7-21-9(20)6-5-8-3-1-2-4-8/h8H,1-7H2. The molecule has 0 amide bonds. The summed E-state index contributed by atoms with van der Waals surface area (Å²) >= 11 is 0. The number of carbonyl (C=O) groups is 1. The van der Waals surface area contributed by atoms with Crippen molar-refractivity contribution in [3.05, 3.63) is 0 Å². The average molecular weight is 324 g/mol. The lowest BCUT2D eigenvalue weighted by Gasteiger charge is -2.27. The van der Waals surface area contributed by atoms with Crippen LogP contribution in [0, 0.1) is 5.92 Å². The molecule has 21 heavy (non-hydrogen) atoms. The lowest BCUT2D eigenvalue weighted by molar-refractivity contribution is -0.359. The van der Waals surface area contributed by atoms with Crippen molar-refractivity contribution in [2.45, 2.75) is 56.5 Å². The SMILES string of the molecule is O=C(CCC1CCCC1)OCC(F)(F)C(F)(F)C(F)(F)F. The van der Waals surface area contributed by atoms with Crippen LogP contribution in [0.15, 0.2) is 0 Å². The minimum absolute atomic E-state index is 0.245. The Balaban J connectivity index is 2.43. The van der Waals surface area contributed by atoms with Crippen LogP contribution in [0.25, 0.3) is 0 Å². The van der Waals surface area contributed by atoms with Gasteiger partial charge in [0, 0.05) is 6.42 Å². The molecule has 124 valence electrons. The quantitative estimate of drug-likeness (QED) is 0.537. The smallest absolute Gasteiger partial charge is 0.459 e. The van der Waals surface area contributed by atoms with Gasteiger partial charge in [-0.25, -0.2) is 0 Å². The number of hydrogen-bond acceptors (Lipinski definition) is 2. The van der Waals surface area contributed by atoms with Crippen molar-refractivity contribution in [1.82, 2.24) is 0 Å². The van der Waals surface area contributed by atoms with Gasteiger partial charge in [-0.3, -0.25) is 4.79 Å². The predicted molar refractivity (Wildman–Crippen MR) is 58.1 cm³/mol. The zero-order valence-corrected chi connectivity index (χ0v) is 11.0. The molecule has 0 bridgehead atoms. The second-order valence-electron chi connectivity index (χ2n) is 5.13. The molecule has 0 N–H and O–H groups in total. The highest BCUT2D eigenvalue weighted by molar-refractivity contribution is 5.69. The first-order chi connectivity index (χ1) is 9.47. The maximum atomic E-state index is 12.9. The number of alkyl halides is 7. The van der Waals surface area contributed by atoms with Crippen molar-refractivity contribution in [2.24, 2.45) is 5.92 Å². The normalized spacial score (nSPS) is 18.0. The van der Waals surface area contributed by atoms with E-state index in [-0.39, 0.29) is 12.3 Å². The van der Waals surface area contributed by atoms with Gasteiger partial charge >= 0.3 is 24.0 Å². The van der Waals surface area contributed by atoms with E-state index in [0.717, 1.165) is 25.7 Å². The maximum Gasteiger partial charge on any atom is 0.460 e. The minimum Gasteiger partial charge on any atom is -0.459 e. The van der Waals surface area contributed by atoms with Gasteiger partial charge < -0.3 is 4.74 Å². The second kappa shape index (κ2) is 6.39. The fraction of sp³-hybridized carbons (Fsp3) is 0.917. The predicted octanol–water partition coefficient (Wildman–Crippen LogP) is 4.33. The largest absolute Gasteiger partial charge is 0.460 e. The first-order valence-electron chi connectivity index (χ1n) is 6.45. The molecule has 1 aliphatic carbocycles. The fourth-order valence-corrected chi connectivity index (χ4v) is 2.16. The summed E-state index contributed by atoms with van der Waals surface area (Å²) in [5.74, 6) is -12.7. The molecule has 1 aliphatic rings. The molecule has 0 saturated heterocycles. The molecule has 1 rings (SSSR count). The van der Waals surface area contributed by atoms with Crippen LogP contribution in [0.1, 0.15) is 38.5 Å². The number of hydrogen-bond donors (Lipinski definition) is 0. The molecule has 2 nitrogen and oxygen atoms in total. The van der Waals surface area contributed by atoms with Gasteiger partial charge in [-0.2, -0.15) is 30.7 Å². The Morgan fingerprint density at radius 1 is 1.00 bits per heavy atom. The monoisotopic (exact) mass is 324 g/mol. The fourth-order valence-electron chi connectivity index (χ4n) is 2.16. The molecule has 9 heteroatoms. The molecule has 0 aromatic carbocycles. The summed E-state index contributed by atoms with van der Waals surface area (Å²) < 4.78 is 90.1. The van der Waals surface area contributed by atoms with E-state index in [2.05, 4.69) is 4.74 Å². The molecule has 0 spiro atoms. The highest BCUT2D eigenvalue weighted by Crippen LogP contribution is 2.46. The van der Waals surface area contributed by atoms with Crippen LogP contribution in [0.5, 0.6) is 0 Å². The van der Waals surface area contributed by atoms with E-state index >= 15 is 0 Å². The molecule has 0 aromatic rings. The van der Waals surface area contributed by atoms with Crippen LogP contribution in [-0.4, -0.2) is 30.6 Å². The molecule has 0 aromatic heterocycles. The molecule has 0 heterocycles. The van der Waals surface area contributed by atoms with E-state index in [1.165, 1.54) is 0 Å². The van der Waals surface area contributed by atoms with E-state index in [1.54, 1.807) is 0 Å². The van der Waals surface area contributed by atoms with Gasteiger partial charge in [-0.1, -0.05) is 25.7 Å². The maximum absolute atomic E-state index is 12.9. The molecule has 1 fully saturated rings. The Hall–Kier alpha value is -1.02. The number of rotatable bonds is 6. The van der Waals surface area contributed by atoms with E-state index in [9.17, 15) is 35.5 Å². The van der Waals surface area contributed by atoms with Crippen LogP contribution in [-0.2, 0) is 9.53 Å². The second-order valence-corrected chi connectivity index (χ2v) is 5.13. The van der Waals surface area contributed by atoms with Crippen molar-refractivity contribution >= 4 is 5.97 Å². The molecule has 1 saturated carbocycles. The highest BCUT2D eigenvalue weighted by atomic mass is 19.4. The summed E-state index contributed by atoms with van der Waals surface area (Å²) in [4.78, 5) is 11.1. The number of carbonyl (C=O) groups excluding carboxylic acids is 1. The van der Waals surface area contributed by atoms with Gasteiger partial charge in [0.05, 0.1) is 0 Å². The van der Waals surface area contributed by atoms with E-state index < -0.39 is 30.6 Å². The van der Waals surface area contributed by atoms with E-state index in [4.69, 9.17) is 0 Å². The Kier molecular flexibility index (Phi) is 5.49. The van der Waals surface area contributed by atoms with Crippen molar-refractivity contribution in [3.63, 3.8) is 0 Å². The van der Waals surface area contributed by atoms with Crippen LogP contribution in [0.4, 0.5) is 30.7 Å². The van der Waals surface area contributed by atoms with Gasteiger partial charge in [-0.05, 0) is 12.3 Å². The Bertz CT molecular complexity index is 359. The van der Waals surface area contributed by atoms with Crippen molar-refractivity contribution < 1.29 is 40.3 Å². The molecule has 0 radical (unpaired) electrons. The number of esters is 1. The summed E-state index contributed by atoms with van der Waals surface area (Å²) in [6.45, 7) is -2.29. The van der Waals surface area contributed by atoms with E-state index in [1.807, 2.05) is 0 Å². The van der Waals surface area contributed by atoms with Gasteiger partial charge in [0.25, 0.3) is 0 Å². The third-order valence-electron chi connectivity index (χ3n) is 3.46. The molecule has 0 atom stereocenters. The van der Waals surface area contributed by atoms with Crippen LogP contribution in [0.2, 0.25) is 0 Å². The van der Waals surface area contributed by atoms with Crippen LogP contribution in [0.3, 0.4) is 0 Å². The molecule has 0 aliphatic heterocycles. The topological polar surface area (TPSA) is 26.3 Å². The number of ether oxygens (including phenoxy) is 1. The highest BCUT2D eigenvalue weighted by Gasteiger charge is 2.73. The Labute approximate surface area is 116 Å². The third-order valence-corrected chi connectivity index (χ3v) is 3.46. The lowest BCUT2D eigenvalue weighted by atomic mass is 10.0. The minimum atomic E-state index is -6.41. The third kappa shape index (κ3) is 4.47. The molecular formula is C12H15F7O2. The van der Waals surface area contributed by atoms with Gasteiger partial charge in [-0.15, -0.1) is 0 Å². The molecule has 0 unspecified atom stereocenters. The van der Waals surface area contributed by atoms with Gasteiger partial charge in [0.2, 0.25) is 0 Å². The Morgan fingerprint density at radius 2 is 1.52 bits per heavy atom. The van der Waals surface area contributed by atoms with Gasteiger partial charge in [0.1, 0.15) is 0 Å². The first kappa shape index (κ1) is 18.0. The summed E-state index contributed by atoms with van der Waals surface area (Å²) in [6, 6.07) is 0. The van der Waals surface area contributed by atoms with Crippen molar-refractivity contribution in [2.75, 3.05) is 6.61 Å². The van der Waals surface area contributed by atoms with Gasteiger partial charge in [0.15, 0.2) is 6.61 Å². The van der Waals surface area contributed by atoms with E-state index in [0.29, 0.717) is 6.42 Å². The zero-order chi connectivity index (χ0) is 16.3. The average Bonchev–Trinajstić information content (AvgIpc) is 2.85.